The topological polar surface area (TPSA) is 72.0 Å². The van der Waals surface area contributed by atoms with Crippen LogP contribution in [0.25, 0.3) is 0 Å². The monoisotopic (exact) mass is 277 g/mol. The van der Waals surface area contributed by atoms with Crippen molar-refractivity contribution in [2.24, 2.45) is 0 Å². The first-order chi connectivity index (χ1) is 9.13. The number of sulfone groups is 1. The minimum Gasteiger partial charge on any atom is -0.378 e. The molecule has 100 valence electrons. The summed E-state index contributed by atoms with van der Waals surface area (Å²) in [4.78, 5) is 0.321. The Hall–Kier alpha value is -1.95. The summed E-state index contributed by atoms with van der Waals surface area (Å²) >= 11 is 0. The van der Waals surface area contributed by atoms with Gasteiger partial charge in [0.25, 0.3) is 0 Å². The van der Waals surface area contributed by atoms with E-state index in [-0.39, 0.29) is 5.75 Å². The predicted molar refractivity (Wildman–Crippen MR) is 73.5 cm³/mol. The normalized spacial score (nSPS) is 11.2. The second-order valence-electron chi connectivity index (χ2n) is 3.97. The average Bonchev–Trinajstić information content (AvgIpc) is 2.46. The van der Waals surface area contributed by atoms with Gasteiger partial charge in [0.2, 0.25) is 0 Å². The first-order valence-electron chi connectivity index (χ1n) is 5.95. The summed E-state index contributed by atoms with van der Waals surface area (Å²) in [6.07, 6.45) is 1.60. The van der Waals surface area contributed by atoms with E-state index < -0.39 is 9.84 Å². The van der Waals surface area contributed by atoms with Gasteiger partial charge in [-0.25, -0.2) is 8.42 Å². The van der Waals surface area contributed by atoms with Crippen molar-refractivity contribution in [3.05, 3.63) is 48.3 Å². The number of hydrogen-bond acceptors (Lipinski definition) is 5. The highest BCUT2D eigenvalue weighted by Crippen LogP contribution is 2.22. The van der Waals surface area contributed by atoms with Crippen molar-refractivity contribution in [2.45, 2.75) is 18.4 Å². The van der Waals surface area contributed by atoms with Gasteiger partial charge in [0, 0.05) is 6.20 Å². The van der Waals surface area contributed by atoms with E-state index in [1.807, 2.05) is 6.07 Å². The van der Waals surface area contributed by atoms with Gasteiger partial charge < -0.3 is 5.32 Å². The van der Waals surface area contributed by atoms with E-state index in [1.165, 1.54) is 0 Å². The molecule has 0 aliphatic rings. The Labute approximate surface area is 112 Å². The molecule has 0 amide bonds. The van der Waals surface area contributed by atoms with Crippen molar-refractivity contribution < 1.29 is 8.42 Å². The Balaban J connectivity index is 2.22. The summed E-state index contributed by atoms with van der Waals surface area (Å²) in [6, 6.07) is 10.5. The third-order valence-corrected chi connectivity index (χ3v) is 4.48. The minimum atomic E-state index is -3.23. The summed E-state index contributed by atoms with van der Waals surface area (Å²) in [5.74, 6) is 0.0802. The van der Waals surface area contributed by atoms with E-state index >= 15 is 0 Å². The number of nitrogens with zero attached hydrogens (tertiary/aromatic N) is 2. The molecule has 6 heteroatoms. The van der Waals surface area contributed by atoms with Crippen LogP contribution in [0.2, 0.25) is 0 Å². The molecule has 0 unspecified atom stereocenters. The highest BCUT2D eigenvalue weighted by Gasteiger charge is 2.15. The summed E-state index contributed by atoms with van der Waals surface area (Å²) in [5, 5.41) is 10.8. The number of benzene rings is 1. The van der Waals surface area contributed by atoms with Crippen LogP contribution in [0.1, 0.15) is 12.6 Å². The van der Waals surface area contributed by atoms with E-state index in [0.717, 1.165) is 5.69 Å². The minimum absolute atomic E-state index is 0.0802. The van der Waals surface area contributed by atoms with E-state index in [9.17, 15) is 8.42 Å². The number of hydrogen-bond donors (Lipinski definition) is 1. The molecule has 2 aromatic rings. The highest BCUT2D eigenvalue weighted by atomic mass is 32.2. The maximum Gasteiger partial charge on any atom is 0.180 e. The van der Waals surface area contributed by atoms with Gasteiger partial charge in [-0.3, -0.25) is 0 Å². The lowest BCUT2D eigenvalue weighted by Gasteiger charge is -2.11. The molecule has 0 aliphatic heterocycles. The van der Waals surface area contributed by atoms with Gasteiger partial charge in [0.1, 0.15) is 0 Å². The maximum atomic E-state index is 12.0. The predicted octanol–water partition coefficient (Wildman–Crippen LogP) is 1.88. The fraction of sp³-hybridized carbons (Fsp3) is 0.231. The smallest absolute Gasteiger partial charge is 0.180 e. The highest BCUT2D eigenvalue weighted by molar-refractivity contribution is 7.91. The molecule has 1 N–H and O–H groups in total. The Bertz CT molecular complexity index is 642. The van der Waals surface area contributed by atoms with Crippen molar-refractivity contribution in [1.82, 2.24) is 10.2 Å². The summed E-state index contributed by atoms with van der Waals surface area (Å²) < 4.78 is 23.9. The molecule has 1 aromatic heterocycles. The molecule has 1 aromatic carbocycles. The first kappa shape index (κ1) is 13.5. The van der Waals surface area contributed by atoms with Crippen molar-refractivity contribution >= 4 is 15.5 Å². The van der Waals surface area contributed by atoms with Gasteiger partial charge in [0.15, 0.2) is 9.84 Å². The molecule has 2 rings (SSSR count). The second kappa shape index (κ2) is 5.79. The third kappa shape index (κ3) is 3.29. The largest absolute Gasteiger partial charge is 0.378 e. The molecule has 0 bridgehead atoms. The zero-order valence-electron chi connectivity index (χ0n) is 10.6. The summed E-state index contributed by atoms with van der Waals surface area (Å²) in [7, 11) is -3.23. The number of nitrogens with one attached hydrogen (secondary N) is 1. The van der Waals surface area contributed by atoms with Gasteiger partial charge in [0.05, 0.1) is 28.6 Å². The molecule has 0 aliphatic carbocycles. The number of aromatic nitrogens is 2. The molecule has 0 spiro atoms. The van der Waals surface area contributed by atoms with Crippen molar-refractivity contribution in [3.8, 4) is 0 Å². The van der Waals surface area contributed by atoms with Crippen molar-refractivity contribution in [1.29, 1.82) is 0 Å². The van der Waals surface area contributed by atoms with Gasteiger partial charge in [-0.15, -0.1) is 0 Å². The number of rotatable bonds is 5. The summed E-state index contributed by atoms with van der Waals surface area (Å²) in [6.45, 7) is 2.07. The van der Waals surface area contributed by atoms with Gasteiger partial charge in [-0.1, -0.05) is 19.1 Å². The molecule has 0 saturated heterocycles. The molecule has 1 heterocycles. The molecule has 0 saturated carbocycles. The number of para-hydroxylation sites is 1. The van der Waals surface area contributed by atoms with Crippen LogP contribution in [0.5, 0.6) is 0 Å². The van der Waals surface area contributed by atoms with Crippen molar-refractivity contribution in [2.75, 3.05) is 11.1 Å². The molecule has 0 fully saturated rings. The Morgan fingerprint density at radius 1 is 1.16 bits per heavy atom. The zero-order chi connectivity index (χ0) is 13.7. The average molecular weight is 277 g/mol. The number of anilines is 1. The van der Waals surface area contributed by atoms with Crippen LogP contribution in [0.4, 0.5) is 5.69 Å². The lowest BCUT2D eigenvalue weighted by molar-refractivity contribution is 0.597. The fourth-order valence-electron chi connectivity index (χ4n) is 1.65. The third-order valence-electron chi connectivity index (χ3n) is 2.69. The van der Waals surface area contributed by atoms with Crippen LogP contribution >= 0.6 is 0 Å². The van der Waals surface area contributed by atoms with Crippen LogP contribution in [-0.4, -0.2) is 24.4 Å². The molecule has 0 radical (unpaired) electrons. The molecule has 0 atom stereocenters. The fourth-order valence-corrected chi connectivity index (χ4v) is 2.73. The Morgan fingerprint density at radius 2 is 1.95 bits per heavy atom. The van der Waals surface area contributed by atoms with Gasteiger partial charge >= 0.3 is 0 Å². The Morgan fingerprint density at radius 3 is 2.63 bits per heavy atom. The van der Waals surface area contributed by atoms with Crippen LogP contribution in [0.3, 0.4) is 0 Å². The quantitative estimate of drug-likeness (QED) is 0.903. The van der Waals surface area contributed by atoms with E-state index in [1.54, 1.807) is 43.5 Å². The summed E-state index contributed by atoms with van der Waals surface area (Å²) in [5.41, 5.74) is 1.35. The SMILES string of the molecule is CCS(=O)(=O)c1ccccc1NCc1cccnn1. The molecular weight excluding hydrogens is 262 g/mol. The van der Waals surface area contributed by atoms with Crippen LogP contribution in [0, 0.1) is 0 Å². The van der Waals surface area contributed by atoms with Crippen LogP contribution < -0.4 is 5.32 Å². The first-order valence-corrected chi connectivity index (χ1v) is 7.61. The maximum absolute atomic E-state index is 12.0. The molecule has 5 nitrogen and oxygen atoms in total. The standard InChI is InChI=1S/C13H15N3O2S/c1-2-19(17,18)13-8-4-3-7-12(13)14-10-11-6-5-9-15-16-11/h3-9,14H,2,10H2,1H3. The lowest BCUT2D eigenvalue weighted by atomic mass is 10.3. The van der Waals surface area contributed by atoms with E-state index in [4.69, 9.17) is 0 Å². The zero-order valence-corrected chi connectivity index (χ0v) is 11.4. The van der Waals surface area contributed by atoms with Gasteiger partial charge in [-0.2, -0.15) is 10.2 Å². The molecular formula is C13H15N3O2S. The second-order valence-corrected chi connectivity index (χ2v) is 6.21. The van der Waals surface area contributed by atoms with E-state index in [2.05, 4.69) is 15.5 Å². The van der Waals surface area contributed by atoms with Gasteiger partial charge in [-0.05, 0) is 24.3 Å². The van der Waals surface area contributed by atoms with Crippen LogP contribution in [-0.2, 0) is 16.4 Å². The van der Waals surface area contributed by atoms with Crippen molar-refractivity contribution in [3.63, 3.8) is 0 Å². The Kier molecular flexibility index (Phi) is 4.11. The van der Waals surface area contributed by atoms with E-state index in [0.29, 0.717) is 17.1 Å². The van der Waals surface area contributed by atoms with Crippen LogP contribution in [0.15, 0.2) is 47.5 Å². The lowest BCUT2D eigenvalue weighted by Crippen LogP contribution is -2.09. The molecule has 19 heavy (non-hydrogen) atoms.